The summed E-state index contributed by atoms with van der Waals surface area (Å²) in [5, 5.41) is 2.31. The summed E-state index contributed by atoms with van der Waals surface area (Å²) in [4.78, 5) is 44.1. The van der Waals surface area contributed by atoms with Crippen LogP contribution in [-0.4, -0.2) is 30.4 Å². The second-order valence-corrected chi connectivity index (χ2v) is 4.02. The highest BCUT2D eigenvalue weighted by atomic mass is 19.1. The maximum absolute atomic E-state index is 13.0. The van der Waals surface area contributed by atoms with E-state index in [1.165, 1.54) is 0 Å². The van der Waals surface area contributed by atoms with E-state index in [-0.39, 0.29) is 24.0 Å². The predicted molar refractivity (Wildman–Crippen MR) is 67.5 cm³/mol. The van der Waals surface area contributed by atoms with Crippen LogP contribution in [0.4, 0.5) is 4.39 Å². The zero-order valence-electron chi connectivity index (χ0n) is 10.5. The molecule has 1 aromatic carbocycles. The van der Waals surface area contributed by atoms with Crippen molar-refractivity contribution in [3.8, 4) is 0 Å². The molecule has 1 unspecified atom stereocenters. The van der Waals surface area contributed by atoms with Crippen LogP contribution in [0.15, 0.2) is 18.2 Å². The lowest BCUT2D eigenvalue weighted by Crippen LogP contribution is -2.44. The van der Waals surface area contributed by atoms with Crippen molar-refractivity contribution in [2.75, 3.05) is 0 Å². The molecule has 0 fully saturated rings. The topological polar surface area (TPSA) is 106 Å². The van der Waals surface area contributed by atoms with Gasteiger partial charge in [-0.2, -0.15) is 0 Å². The first-order chi connectivity index (χ1) is 9.49. The highest BCUT2D eigenvalue weighted by Crippen LogP contribution is 2.10. The number of nitrogens with two attached hydrogens (primary N) is 1. The van der Waals surface area contributed by atoms with Crippen LogP contribution in [0, 0.1) is 5.82 Å². The average molecular weight is 280 g/mol. The molecule has 0 saturated carbocycles. The highest BCUT2D eigenvalue weighted by molar-refractivity contribution is 6.03. The number of halogens is 1. The number of hydrogen-bond acceptors (Lipinski definition) is 4. The van der Waals surface area contributed by atoms with E-state index in [4.69, 9.17) is 5.73 Å². The van der Waals surface area contributed by atoms with Gasteiger partial charge in [0.2, 0.25) is 5.91 Å². The number of carbonyl (C=O) groups is 4. The summed E-state index contributed by atoms with van der Waals surface area (Å²) in [5.41, 5.74) is 4.89. The van der Waals surface area contributed by atoms with Gasteiger partial charge in [0.25, 0.3) is 5.91 Å². The molecular formula is C13H13FN2O4. The van der Waals surface area contributed by atoms with Crippen molar-refractivity contribution in [2.24, 2.45) is 5.73 Å². The molecule has 0 spiro atoms. The van der Waals surface area contributed by atoms with E-state index in [1.807, 2.05) is 0 Å². The Morgan fingerprint density at radius 1 is 1.35 bits per heavy atom. The van der Waals surface area contributed by atoms with Crippen molar-refractivity contribution in [2.45, 2.75) is 18.9 Å². The second kappa shape index (κ2) is 7.13. The Hall–Kier alpha value is -2.57. The number of aldehydes is 2. The molecule has 0 saturated heterocycles. The molecule has 0 heterocycles. The molecule has 0 radical (unpaired) electrons. The first-order valence-corrected chi connectivity index (χ1v) is 5.78. The van der Waals surface area contributed by atoms with Crippen LogP contribution in [0.25, 0.3) is 0 Å². The Kier molecular flexibility index (Phi) is 5.52. The third-order valence-electron chi connectivity index (χ3n) is 2.61. The summed E-state index contributed by atoms with van der Waals surface area (Å²) >= 11 is 0. The van der Waals surface area contributed by atoms with Crippen molar-refractivity contribution >= 4 is 24.4 Å². The lowest BCUT2D eigenvalue weighted by molar-refractivity contribution is -0.120. The van der Waals surface area contributed by atoms with Gasteiger partial charge in [0.1, 0.15) is 18.1 Å². The number of rotatable bonds is 7. The van der Waals surface area contributed by atoms with Crippen LogP contribution < -0.4 is 11.1 Å². The van der Waals surface area contributed by atoms with Crippen LogP contribution in [0.1, 0.15) is 33.6 Å². The van der Waals surface area contributed by atoms with Crippen molar-refractivity contribution in [1.82, 2.24) is 5.32 Å². The Balaban J connectivity index is 2.91. The standard InChI is InChI=1S/C13H13FN2O4/c14-9-3-4-10(8(6-9)7-18)13(20)16-11(12(15)19)2-1-5-17/h3-7,11H,1-2H2,(H2,15,19)(H,16,20). The first kappa shape index (κ1) is 15.5. The van der Waals surface area contributed by atoms with Crippen molar-refractivity contribution in [3.63, 3.8) is 0 Å². The molecule has 1 aromatic rings. The Morgan fingerprint density at radius 3 is 2.60 bits per heavy atom. The molecule has 20 heavy (non-hydrogen) atoms. The normalized spacial score (nSPS) is 11.4. The van der Waals surface area contributed by atoms with Gasteiger partial charge < -0.3 is 15.8 Å². The zero-order chi connectivity index (χ0) is 15.1. The Morgan fingerprint density at radius 2 is 2.05 bits per heavy atom. The molecule has 7 heteroatoms. The van der Waals surface area contributed by atoms with Gasteiger partial charge in [0.15, 0.2) is 6.29 Å². The molecule has 2 amide bonds. The maximum atomic E-state index is 13.0. The van der Waals surface area contributed by atoms with Gasteiger partial charge in [-0.25, -0.2) is 4.39 Å². The molecule has 0 aromatic heterocycles. The number of primary amides is 1. The van der Waals surface area contributed by atoms with Gasteiger partial charge >= 0.3 is 0 Å². The second-order valence-electron chi connectivity index (χ2n) is 4.02. The van der Waals surface area contributed by atoms with Crippen LogP contribution in [0.2, 0.25) is 0 Å². The van der Waals surface area contributed by atoms with Crippen molar-refractivity contribution in [3.05, 3.63) is 35.1 Å². The van der Waals surface area contributed by atoms with Crippen molar-refractivity contribution < 1.29 is 23.6 Å². The fourth-order valence-corrected chi connectivity index (χ4v) is 1.59. The quantitative estimate of drug-likeness (QED) is 0.696. The number of nitrogens with one attached hydrogen (secondary N) is 1. The van der Waals surface area contributed by atoms with E-state index in [0.29, 0.717) is 12.6 Å². The van der Waals surface area contributed by atoms with Crippen LogP contribution in [-0.2, 0) is 9.59 Å². The summed E-state index contributed by atoms with van der Waals surface area (Å²) in [6, 6.07) is 2.03. The van der Waals surface area contributed by atoms with E-state index in [9.17, 15) is 23.6 Å². The minimum atomic E-state index is -1.03. The summed E-state index contributed by atoms with van der Waals surface area (Å²) in [5.74, 6) is -2.19. The molecule has 6 nitrogen and oxygen atoms in total. The lowest BCUT2D eigenvalue weighted by Gasteiger charge is -2.14. The number of amides is 2. The van der Waals surface area contributed by atoms with E-state index < -0.39 is 23.7 Å². The number of benzene rings is 1. The SMILES string of the molecule is NC(=O)C(CCC=O)NC(=O)c1ccc(F)cc1C=O. The molecule has 1 rings (SSSR count). The Labute approximate surface area is 114 Å². The van der Waals surface area contributed by atoms with E-state index in [2.05, 4.69) is 5.32 Å². The molecule has 1 atom stereocenters. The van der Waals surface area contributed by atoms with Gasteiger partial charge in [-0.15, -0.1) is 0 Å². The van der Waals surface area contributed by atoms with Gasteiger partial charge in [0.05, 0.1) is 5.56 Å². The molecule has 0 aliphatic carbocycles. The smallest absolute Gasteiger partial charge is 0.252 e. The summed E-state index contributed by atoms with van der Waals surface area (Å²) in [6.07, 6.45) is 1.04. The van der Waals surface area contributed by atoms with E-state index in [0.717, 1.165) is 18.2 Å². The molecule has 0 aliphatic rings. The molecular weight excluding hydrogens is 267 g/mol. The minimum Gasteiger partial charge on any atom is -0.368 e. The minimum absolute atomic E-state index is 0.0534. The fourth-order valence-electron chi connectivity index (χ4n) is 1.59. The molecule has 3 N–H and O–H groups in total. The first-order valence-electron chi connectivity index (χ1n) is 5.78. The van der Waals surface area contributed by atoms with Crippen LogP contribution in [0.3, 0.4) is 0 Å². The zero-order valence-corrected chi connectivity index (χ0v) is 10.5. The third-order valence-corrected chi connectivity index (χ3v) is 2.61. The third kappa shape index (κ3) is 3.98. The largest absolute Gasteiger partial charge is 0.368 e. The average Bonchev–Trinajstić information content (AvgIpc) is 2.42. The lowest BCUT2D eigenvalue weighted by atomic mass is 10.1. The van der Waals surface area contributed by atoms with Gasteiger partial charge in [0, 0.05) is 12.0 Å². The van der Waals surface area contributed by atoms with Crippen molar-refractivity contribution in [1.29, 1.82) is 0 Å². The fraction of sp³-hybridized carbons (Fsp3) is 0.231. The maximum Gasteiger partial charge on any atom is 0.252 e. The predicted octanol–water partition coefficient (Wildman–Crippen LogP) is 0.201. The number of carbonyl (C=O) groups excluding carboxylic acids is 4. The summed E-state index contributed by atoms with van der Waals surface area (Å²) < 4.78 is 13.0. The van der Waals surface area contributed by atoms with E-state index in [1.54, 1.807) is 0 Å². The molecule has 106 valence electrons. The Bertz CT molecular complexity index is 545. The van der Waals surface area contributed by atoms with Gasteiger partial charge in [-0.1, -0.05) is 0 Å². The summed E-state index contributed by atoms with van der Waals surface area (Å²) in [7, 11) is 0. The van der Waals surface area contributed by atoms with Crippen LogP contribution >= 0.6 is 0 Å². The van der Waals surface area contributed by atoms with E-state index >= 15 is 0 Å². The van der Waals surface area contributed by atoms with Gasteiger partial charge in [-0.3, -0.25) is 14.4 Å². The van der Waals surface area contributed by atoms with Crippen LogP contribution in [0.5, 0.6) is 0 Å². The molecule has 0 bridgehead atoms. The highest BCUT2D eigenvalue weighted by Gasteiger charge is 2.20. The number of hydrogen-bond donors (Lipinski definition) is 2. The monoisotopic (exact) mass is 280 g/mol. The van der Waals surface area contributed by atoms with Gasteiger partial charge in [-0.05, 0) is 24.6 Å². The summed E-state index contributed by atoms with van der Waals surface area (Å²) in [6.45, 7) is 0. The molecule has 0 aliphatic heterocycles.